The highest BCUT2D eigenvalue weighted by Gasteiger charge is 2.05. The van der Waals surface area contributed by atoms with Gasteiger partial charge in [0.15, 0.2) is 0 Å². The number of hydrazone groups is 1. The molecule has 0 bridgehead atoms. The number of benzene rings is 1. The molecule has 0 spiro atoms. The second-order valence-electron chi connectivity index (χ2n) is 4.33. The van der Waals surface area contributed by atoms with Crippen molar-refractivity contribution in [3.63, 3.8) is 0 Å². The van der Waals surface area contributed by atoms with Crippen LogP contribution < -0.4 is 5.43 Å². The van der Waals surface area contributed by atoms with Crippen molar-refractivity contribution in [2.75, 3.05) is 0 Å². The van der Waals surface area contributed by atoms with Crippen molar-refractivity contribution in [2.45, 2.75) is 13.8 Å². The topological polar surface area (TPSA) is 54.4 Å². The van der Waals surface area contributed by atoms with E-state index in [0.717, 1.165) is 11.3 Å². The minimum atomic E-state index is -0.334. The summed E-state index contributed by atoms with van der Waals surface area (Å²) in [7, 11) is 0. The van der Waals surface area contributed by atoms with Crippen molar-refractivity contribution < 1.29 is 9.18 Å². The highest BCUT2D eigenvalue weighted by Crippen LogP contribution is 2.04. The van der Waals surface area contributed by atoms with Crippen LogP contribution in [0, 0.1) is 12.7 Å². The van der Waals surface area contributed by atoms with Crippen molar-refractivity contribution in [1.82, 2.24) is 10.4 Å². The standard InChI is InChI=1S/C15H14FN3O/c1-10-3-4-13(9-17-10)15(20)19-18-11(2)12-5-7-14(16)8-6-12/h3-9H,1-2H3,(H,19,20)/b18-11-. The molecule has 2 rings (SSSR count). The lowest BCUT2D eigenvalue weighted by molar-refractivity contribution is 0.0954. The number of hydrogen-bond donors (Lipinski definition) is 1. The van der Waals surface area contributed by atoms with Crippen molar-refractivity contribution in [2.24, 2.45) is 5.10 Å². The molecule has 4 nitrogen and oxygen atoms in total. The first kappa shape index (κ1) is 13.9. The van der Waals surface area contributed by atoms with Gasteiger partial charge in [-0.05, 0) is 43.7 Å². The Morgan fingerprint density at radius 2 is 1.80 bits per heavy atom. The first-order valence-electron chi connectivity index (χ1n) is 6.09. The monoisotopic (exact) mass is 271 g/mol. The molecule has 1 amide bonds. The van der Waals surface area contributed by atoms with Crippen molar-refractivity contribution >= 4 is 11.6 Å². The minimum absolute atomic E-state index is 0.309. The molecule has 0 radical (unpaired) electrons. The van der Waals surface area contributed by atoms with Crippen LogP contribution in [0.5, 0.6) is 0 Å². The highest BCUT2D eigenvalue weighted by molar-refractivity contribution is 6.00. The third-order valence-electron chi connectivity index (χ3n) is 2.76. The van der Waals surface area contributed by atoms with Crippen LogP contribution in [0.15, 0.2) is 47.7 Å². The zero-order valence-electron chi connectivity index (χ0n) is 11.2. The summed E-state index contributed by atoms with van der Waals surface area (Å²) in [6, 6.07) is 9.34. The van der Waals surface area contributed by atoms with Crippen LogP contribution in [0.4, 0.5) is 4.39 Å². The fourth-order valence-electron chi connectivity index (χ4n) is 1.56. The number of rotatable bonds is 3. The van der Waals surface area contributed by atoms with Gasteiger partial charge in [-0.3, -0.25) is 9.78 Å². The average molecular weight is 271 g/mol. The van der Waals surface area contributed by atoms with Gasteiger partial charge in [0.2, 0.25) is 0 Å². The van der Waals surface area contributed by atoms with Crippen molar-refractivity contribution in [1.29, 1.82) is 0 Å². The smallest absolute Gasteiger partial charge is 0.267 e. The largest absolute Gasteiger partial charge is 0.272 e. The molecule has 0 saturated heterocycles. The lowest BCUT2D eigenvalue weighted by atomic mass is 10.1. The van der Waals surface area contributed by atoms with Crippen molar-refractivity contribution in [3.8, 4) is 0 Å². The van der Waals surface area contributed by atoms with Crippen LogP contribution in [0.3, 0.4) is 0 Å². The molecule has 0 aliphatic carbocycles. The Kier molecular flexibility index (Phi) is 4.20. The summed E-state index contributed by atoms with van der Waals surface area (Å²) in [6.45, 7) is 3.58. The number of pyridine rings is 1. The van der Waals surface area contributed by atoms with Crippen LogP contribution in [0.25, 0.3) is 0 Å². The summed E-state index contributed by atoms with van der Waals surface area (Å²) in [5.74, 6) is -0.643. The average Bonchev–Trinajstić information content (AvgIpc) is 2.46. The Labute approximate surface area is 116 Å². The van der Waals surface area contributed by atoms with Gasteiger partial charge in [-0.15, -0.1) is 0 Å². The molecule has 0 atom stereocenters. The number of aromatic nitrogens is 1. The molecule has 0 aliphatic rings. The van der Waals surface area contributed by atoms with Gasteiger partial charge in [0.1, 0.15) is 5.82 Å². The maximum absolute atomic E-state index is 12.8. The van der Waals surface area contributed by atoms with E-state index in [1.54, 1.807) is 31.2 Å². The predicted octanol–water partition coefficient (Wildman–Crippen LogP) is 2.68. The second-order valence-corrected chi connectivity index (χ2v) is 4.33. The molecule has 1 aromatic carbocycles. The molecule has 0 saturated carbocycles. The zero-order chi connectivity index (χ0) is 14.5. The third kappa shape index (κ3) is 3.47. The number of carbonyl (C=O) groups is 1. The van der Waals surface area contributed by atoms with Crippen molar-refractivity contribution in [3.05, 3.63) is 65.2 Å². The normalized spacial score (nSPS) is 11.2. The molecule has 20 heavy (non-hydrogen) atoms. The van der Waals surface area contributed by atoms with Gasteiger partial charge in [0, 0.05) is 11.9 Å². The predicted molar refractivity (Wildman–Crippen MR) is 75.1 cm³/mol. The molecule has 1 N–H and O–H groups in total. The molecule has 0 fully saturated rings. The second kappa shape index (κ2) is 6.06. The molecule has 0 aliphatic heterocycles. The molecule has 0 unspecified atom stereocenters. The van der Waals surface area contributed by atoms with Crippen LogP contribution in [0.2, 0.25) is 0 Å². The van der Waals surface area contributed by atoms with Gasteiger partial charge in [-0.2, -0.15) is 5.10 Å². The maximum Gasteiger partial charge on any atom is 0.272 e. The van der Waals surface area contributed by atoms with E-state index < -0.39 is 0 Å². The highest BCUT2D eigenvalue weighted by atomic mass is 19.1. The van der Waals surface area contributed by atoms with Crippen LogP contribution >= 0.6 is 0 Å². The summed E-state index contributed by atoms with van der Waals surface area (Å²) in [5.41, 5.74) is 5.06. The minimum Gasteiger partial charge on any atom is -0.267 e. The Bertz CT molecular complexity index is 633. The summed E-state index contributed by atoms with van der Waals surface area (Å²) in [5, 5.41) is 3.99. The van der Waals surface area contributed by atoms with Gasteiger partial charge in [-0.1, -0.05) is 12.1 Å². The number of nitrogens with one attached hydrogen (secondary N) is 1. The Balaban J connectivity index is 2.06. The van der Waals surface area contributed by atoms with Gasteiger partial charge in [0.05, 0.1) is 11.3 Å². The molecule has 102 valence electrons. The molecule has 2 aromatic rings. The quantitative estimate of drug-likeness (QED) is 0.689. The number of aryl methyl sites for hydroxylation is 1. The maximum atomic E-state index is 12.8. The molecular formula is C15H14FN3O. The Morgan fingerprint density at radius 1 is 1.15 bits per heavy atom. The van der Waals surface area contributed by atoms with E-state index in [0.29, 0.717) is 11.3 Å². The summed E-state index contributed by atoms with van der Waals surface area (Å²) in [4.78, 5) is 15.9. The first-order chi connectivity index (χ1) is 9.56. The van der Waals surface area contributed by atoms with Gasteiger partial charge >= 0.3 is 0 Å². The number of amides is 1. The Hall–Kier alpha value is -2.56. The first-order valence-corrected chi connectivity index (χ1v) is 6.09. The van der Waals surface area contributed by atoms with E-state index in [-0.39, 0.29) is 11.7 Å². The summed E-state index contributed by atoms with van der Waals surface area (Å²) in [6.07, 6.45) is 1.49. The van der Waals surface area contributed by atoms with E-state index in [2.05, 4.69) is 15.5 Å². The fraction of sp³-hybridized carbons (Fsp3) is 0.133. The van der Waals surface area contributed by atoms with E-state index in [1.807, 2.05) is 6.92 Å². The summed E-state index contributed by atoms with van der Waals surface area (Å²) >= 11 is 0. The van der Waals surface area contributed by atoms with E-state index in [1.165, 1.54) is 18.3 Å². The van der Waals surface area contributed by atoms with Gasteiger partial charge in [-0.25, -0.2) is 9.82 Å². The number of carbonyl (C=O) groups excluding carboxylic acids is 1. The fourth-order valence-corrected chi connectivity index (χ4v) is 1.56. The lowest BCUT2D eigenvalue weighted by Gasteiger charge is -2.03. The van der Waals surface area contributed by atoms with Gasteiger partial charge < -0.3 is 0 Å². The zero-order valence-corrected chi connectivity index (χ0v) is 11.2. The number of nitrogens with zero attached hydrogens (tertiary/aromatic N) is 2. The van der Waals surface area contributed by atoms with Gasteiger partial charge in [0.25, 0.3) is 5.91 Å². The molecule has 1 aromatic heterocycles. The molecule has 5 heteroatoms. The van der Waals surface area contributed by atoms with E-state index >= 15 is 0 Å². The third-order valence-corrected chi connectivity index (χ3v) is 2.76. The Morgan fingerprint density at radius 3 is 2.40 bits per heavy atom. The van der Waals surface area contributed by atoms with Crippen LogP contribution in [-0.4, -0.2) is 16.6 Å². The summed E-state index contributed by atoms with van der Waals surface area (Å²) < 4.78 is 12.8. The number of halogens is 1. The SMILES string of the molecule is C/C(=N/NC(=O)c1ccc(C)nc1)c1ccc(F)cc1. The number of hydrogen-bond acceptors (Lipinski definition) is 3. The molecular weight excluding hydrogens is 257 g/mol. The van der Waals surface area contributed by atoms with E-state index in [9.17, 15) is 9.18 Å². The van der Waals surface area contributed by atoms with Crippen LogP contribution in [0.1, 0.15) is 28.5 Å². The molecule has 1 heterocycles. The van der Waals surface area contributed by atoms with Crippen LogP contribution in [-0.2, 0) is 0 Å². The van der Waals surface area contributed by atoms with E-state index in [4.69, 9.17) is 0 Å². The lowest BCUT2D eigenvalue weighted by Crippen LogP contribution is -2.19.